The molecule has 0 aliphatic rings. The lowest BCUT2D eigenvalue weighted by molar-refractivity contribution is 0.592. The summed E-state index contributed by atoms with van der Waals surface area (Å²) in [4.78, 5) is 7.55. The second-order valence-electron chi connectivity index (χ2n) is 4.73. The zero-order chi connectivity index (χ0) is 14.5. The maximum absolute atomic E-state index is 14.0. The van der Waals surface area contributed by atoms with Crippen molar-refractivity contribution in [1.29, 1.82) is 0 Å². The molecule has 1 aromatic heterocycles. The molecule has 20 heavy (non-hydrogen) atoms. The van der Waals surface area contributed by atoms with Crippen molar-refractivity contribution in [3.63, 3.8) is 0 Å². The molecule has 0 saturated carbocycles. The largest absolute Gasteiger partial charge is 0.369 e. The van der Waals surface area contributed by atoms with E-state index >= 15 is 0 Å². The summed E-state index contributed by atoms with van der Waals surface area (Å²) in [6.45, 7) is 6.14. The summed E-state index contributed by atoms with van der Waals surface area (Å²) >= 11 is 1.64. The van der Waals surface area contributed by atoms with Gasteiger partial charge in [-0.3, -0.25) is 0 Å². The fourth-order valence-corrected chi connectivity index (χ4v) is 2.94. The van der Waals surface area contributed by atoms with Crippen molar-refractivity contribution in [2.24, 2.45) is 0 Å². The lowest BCUT2D eigenvalue weighted by Crippen LogP contribution is -2.21. The van der Waals surface area contributed by atoms with Gasteiger partial charge in [0.1, 0.15) is 5.82 Å². The van der Waals surface area contributed by atoms with Gasteiger partial charge in [0.2, 0.25) is 0 Å². The summed E-state index contributed by atoms with van der Waals surface area (Å²) in [6, 6.07) is 5.24. The van der Waals surface area contributed by atoms with Crippen LogP contribution in [0.25, 0.3) is 0 Å². The maximum atomic E-state index is 14.0. The van der Waals surface area contributed by atoms with Crippen LogP contribution < -0.4 is 10.2 Å². The number of hydrogen-bond donors (Lipinski definition) is 1. The molecule has 0 fully saturated rings. The highest BCUT2D eigenvalue weighted by Gasteiger charge is 2.13. The number of benzene rings is 1. The van der Waals surface area contributed by atoms with E-state index in [-0.39, 0.29) is 5.82 Å². The maximum Gasteiger partial charge on any atom is 0.129 e. The van der Waals surface area contributed by atoms with E-state index in [2.05, 4.69) is 15.2 Å². The standard InChI is InChI=1S/C15H20FN3S/c1-4-17-8-12-13(16)6-5-7-14(12)19(3)9-15-11(2)18-10-20-15/h5-7,10,17H,4,8-9H2,1-3H3. The van der Waals surface area contributed by atoms with Gasteiger partial charge in [-0.2, -0.15) is 0 Å². The number of nitrogens with one attached hydrogen (secondary N) is 1. The van der Waals surface area contributed by atoms with Crippen molar-refractivity contribution in [1.82, 2.24) is 10.3 Å². The lowest BCUT2D eigenvalue weighted by atomic mass is 10.1. The van der Waals surface area contributed by atoms with E-state index in [1.165, 1.54) is 10.9 Å². The first-order valence-corrected chi connectivity index (χ1v) is 7.59. The van der Waals surface area contributed by atoms with Gasteiger partial charge in [0.25, 0.3) is 0 Å². The van der Waals surface area contributed by atoms with Gasteiger partial charge in [0.15, 0.2) is 0 Å². The zero-order valence-electron chi connectivity index (χ0n) is 12.1. The minimum Gasteiger partial charge on any atom is -0.369 e. The Morgan fingerprint density at radius 3 is 2.85 bits per heavy atom. The van der Waals surface area contributed by atoms with Gasteiger partial charge in [0.05, 0.1) is 17.7 Å². The summed E-state index contributed by atoms with van der Waals surface area (Å²) in [5, 5.41) is 3.19. The predicted octanol–water partition coefficient (Wildman–Crippen LogP) is 3.34. The lowest BCUT2D eigenvalue weighted by Gasteiger charge is -2.22. The van der Waals surface area contributed by atoms with Crippen molar-refractivity contribution < 1.29 is 4.39 Å². The quantitative estimate of drug-likeness (QED) is 0.885. The van der Waals surface area contributed by atoms with E-state index in [0.717, 1.165) is 30.0 Å². The Labute approximate surface area is 123 Å². The molecule has 0 unspecified atom stereocenters. The van der Waals surface area contributed by atoms with Crippen LogP contribution in [0.5, 0.6) is 0 Å². The molecule has 0 saturated heterocycles. The molecule has 5 heteroatoms. The Kier molecular flexibility index (Phi) is 5.09. The van der Waals surface area contributed by atoms with E-state index in [4.69, 9.17) is 0 Å². The van der Waals surface area contributed by atoms with Crippen LogP contribution in [0, 0.1) is 12.7 Å². The molecule has 1 heterocycles. The molecule has 1 aromatic carbocycles. The van der Waals surface area contributed by atoms with Gasteiger partial charge in [-0.25, -0.2) is 9.37 Å². The summed E-state index contributed by atoms with van der Waals surface area (Å²) in [7, 11) is 1.99. The number of aryl methyl sites for hydroxylation is 1. The average molecular weight is 293 g/mol. The van der Waals surface area contributed by atoms with Crippen LogP contribution in [0.15, 0.2) is 23.7 Å². The molecule has 2 rings (SSSR count). The Morgan fingerprint density at radius 1 is 1.40 bits per heavy atom. The molecule has 0 atom stereocenters. The number of thiazole rings is 1. The van der Waals surface area contributed by atoms with Gasteiger partial charge in [0, 0.05) is 29.7 Å². The third-order valence-corrected chi connectivity index (χ3v) is 4.20. The highest BCUT2D eigenvalue weighted by Crippen LogP contribution is 2.25. The topological polar surface area (TPSA) is 28.2 Å². The first kappa shape index (κ1) is 14.9. The number of hydrogen-bond acceptors (Lipinski definition) is 4. The van der Waals surface area contributed by atoms with Gasteiger partial charge in [-0.05, 0) is 25.6 Å². The van der Waals surface area contributed by atoms with Crippen molar-refractivity contribution >= 4 is 17.0 Å². The molecule has 108 valence electrons. The molecule has 0 amide bonds. The molecule has 0 aliphatic heterocycles. The molecule has 0 aliphatic carbocycles. The molecule has 0 spiro atoms. The van der Waals surface area contributed by atoms with Gasteiger partial charge in [-0.15, -0.1) is 11.3 Å². The van der Waals surface area contributed by atoms with Crippen LogP contribution in [-0.4, -0.2) is 18.6 Å². The van der Waals surface area contributed by atoms with Crippen molar-refractivity contribution in [2.75, 3.05) is 18.5 Å². The Bertz CT molecular complexity index is 568. The van der Waals surface area contributed by atoms with Crippen LogP contribution in [0.1, 0.15) is 23.1 Å². The number of rotatable bonds is 6. The van der Waals surface area contributed by atoms with Gasteiger partial charge in [-0.1, -0.05) is 13.0 Å². The molecular formula is C15H20FN3S. The molecule has 1 N–H and O–H groups in total. The second kappa shape index (κ2) is 6.81. The van der Waals surface area contributed by atoms with E-state index in [1.807, 2.05) is 32.5 Å². The highest BCUT2D eigenvalue weighted by molar-refractivity contribution is 7.09. The third-order valence-electron chi connectivity index (χ3n) is 3.28. The van der Waals surface area contributed by atoms with E-state index in [9.17, 15) is 4.39 Å². The molecule has 3 nitrogen and oxygen atoms in total. The first-order chi connectivity index (χ1) is 9.63. The molecule has 2 aromatic rings. The first-order valence-electron chi connectivity index (χ1n) is 6.71. The molecule has 0 radical (unpaired) electrons. The monoisotopic (exact) mass is 293 g/mol. The van der Waals surface area contributed by atoms with Crippen molar-refractivity contribution in [2.45, 2.75) is 26.9 Å². The van der Waals surface area contributed by atoms with Crippen molar-refractivity contribution in [3.05, 3.63) is 45.7 Å². The zero-order valence-corrected chi connectivity index (χ0v) is 12.9. The Balaban J connectivity index is 2.22. The fourth-order valence-electron chi connectivity index (χ4n) is 2.11. The minimum absolute atomic E-state index is 0.156. The summed E-state index contributed by atoms with van der Waals surface area (Å²) in [5.41, 5.74) is 4.55. The highest BCUT2D eigenvalue weighted by atomic mass is 32.1. The van der Waals surface area contributed by atoms with Gasteiger partial charge >= 0.3 is 0 Å². The van der Waals surface area contributed by atoms with Crippen LogP contribution in [0.2, 0.25) is 0 Å². The fraction of sp³-hybridized carbons (Fsp3) is 0.400. The van der Waals surface area contributed by atoms with E-state index < -0.39 is 0 Å². The molecular weight excluding hydrogens is 273 g/mol. The van der Waals surface area contributed by atoms with Crippen LogP contribution in [0.3, 0.4) is 0 Å². The van der Waals surface area contributed by atoms with E-state index in [0.29, 0.717) is 6.54 Å². The smallest absolute Gasteiger partial charge is 0.129 e. The van der Waals surface area contributed by atoms with Crippen molar-refractivity contribution in [3.8, 4) is 0 Å². The Hall–Kier alpha value is -1.46. The summed E-state index contributed by atoms with van der Waals surface area (Å²) in [5.74, 6) is -0.156. The summed E-state index contributed by atoms with van der Waals surface area (Å²) < 4.78 is 14.0. The second-order valence-corrected chi connectivity index (χ2v) is 5.67. The van der Waals surface area contributed by atoms with Crippen LogP contribution in [0.4, 0.5) is 10.1 Å². The number of nitrogens with zero attached hydrogens (tertiary/aromatic N) is 2. The average Bonchev–Trinajstić information content (AvgIpc) is 2.82. The number of anilines is 1. The Morgan fingerprint density at radius 2 is 2.20 bits per heavy atom. The number of aromatic nitrogens is 1. The predicted molar refractivity (Wildman–Crippen MR) is 82.7 cm³/mol. The van der Waals surface area contributed by atoms with Crippen LogP contribution in [-0.2, 0) is 13.1 Å². The normalized spacial score (nSPS) is 10.8. The summed E-state index contributed by atoms with van der Waals surface area (Å²) in [6.07, 6.45) is 0. The van der Waals surface area contributed by atoms with Crippen LogP contribution >= 0.6 is 11.3 Å². The van der Waals surface area contributed by atoms with Gasteiger partial charge < -0.3 is 10.2 Å². The third kappa shape index (κ3) is 3.35. The minimum atomic E-state index is -0.156. The SMILES string of the molecule is CCNCc1c(F)cccc1N(C)Cc1scnc1C. The number of halogens is 1. The molecule has 0 bridgehead atoms. The van der Waals surface area contributed by atoms with E-state index in [1.54, 1.807) is 17.4 Å².